The SMILES string of the molecule is NCCCC1CN=C(Cc2ccc(O)cc2)O1. The zero-order chi connectivity index (χ0) is 12.1. The fourth-order valence-corrected chi connectivity index (χ4v) is 1.85. The van der Waals surface area contributed by atoms with Gasteiger partial charge < -0.3 is 15.6 Å². The number of nitrogens with two attached hydrogens (primary N) is 1. The minimum Gasteiger partial charge on any atom is -0.508 e. The molecule has 2 rings (SSSR count). The third-order valence-corrected chi connectivity index (χ3v) is 2.80. The van der Waals surface area contributed by atoms with Gasteiger partial charge in [-0.1, -0.05) is 12.1 Å². The molecule has 1 aliphatic heterocycles. The van der Waals surface area contributed by atoms with Crippen LogP contribution in [-0.2, 0) is 11.2 Å². The van der Waals surface area contributed by atoms with E-state index in [2.05, 4.69) is 4.99 Å². The van der Waals surface area contributed by atoms with E-state index >= 15 is 0 Å². The second-order valence-electron chi connectivity index (χ2n) is 4.25. The summed E-state index contributed by atoms with van der Waals surface area (Å²) in [6.07, 6.45) is 2.84. The molecule has 1 heterocycles. The zero-order valence-electron chi connectivity index (χ0n) is 9.80. The van der Waals surface area contributed by atoms with Crippen LogP contribution in [0, 0.1) is 0 Å². The van der Waals surface area contributed by atoms with Crippen LogP contribution in [0.15, 0.2) is 29.3 Å². The first-order valence-electron chi connectivity index (χ1n) is 5.96. The van der Waals surface area contributed by atoms with E-state index in [1.807, 2.05) is 12.1 Å². The Morgan fingerprint density at radius 2 is 2.12 bits per heavy atom. The van der Waals surface area contributed by atoms with E-state index in [1.54, 1.807) is 12.1 Å². The summed E-state index contributed by atoms with van der Waals surface area (Å²) in [7, 11) is 0. The molecule has 0 aliphatic carbocycles. The molecule has 0 fully saturated rings. The minimum absolute atomic E-state index is 0.200. The van der Waals surface area contributed by atoms with E-state index in [0.29, 0.717) is 13.0 Å². The Hall–Kier alpha value is -1.55. The number of rotatable bonds is 5. The maximum Gasteiger partial charge on any atom is 0.188 e. The van der Waals surface area contributed by atoms with Crippen LogP contribution in [0.25, 0.3) is 0 Å². The number of ether oxygens (including phenoxy) is 1. The Morgan fingerprint density at radius 3 is 2.82 bits per heavy atom. The maximum atomic E-state index is 9.18. The van der Waals surface area contributed by atoms with Crippen LogP contribution in [0.5, 0.6) is 5.75 Å². The van der Waals surface area contributed by atoms with Crippen molar-refractivity contribution in [2.75, 3.05) is 13.1 Å². The summed E-state index contributed by atoms with van der Waals surface area (Å²) in [5.41, 5.74) is 6.56. The minimum atomic E-state index is 0.200. The standard InChI is InChI=1S/C13H18N2O2/c14-7-1-2-12-9-15-13(17-12)8-10-3-5-11(16)6-4-10/h3-6,12,16H,1-2,7-9,14H2. The molecule has 3 N–H and O–H groups in total. The van der Waals surface area contributed by atoms with Crippen molar-refractivity contribution in [1.29, 1.82) is 0 Å². The number of phenolic OH excluding ortho intramolecular Hbond substituents is 1. The summed E-state index contributed by atoms with van der Waals surface area (Å²) < 4.78 is 5.73. The lowest BCUT2D eigenvalue weighted by Gasteiger charge is -2.10. The lowest BCUT2D eigenvalue weighted by molar-refractivity contribution is 0.207. The van der Waals surface area contributed by atoms with Gasteiger partial charge in [-0.25, -0.2) is 0 Å². The highest BCUT2D eigenvalue weighted by molar-refractivity contribution is 5.80. The molecular formula is C13H18N2O2. The van der Waals surface area contributed by atoms with Crippen LogP contribution < -0.4 is 5.73 Å². The van der Waals surface area contributed by atoms with Gasteiger partial charge in [0.1, 0.15) is 11.9 Å². The molecule has 0 aromatic heterocycles. The Bertz CT molecular complexity index is 387. The van der Waals surface area contributed by atoms with Crippen molar-refractivity contribution in [1.82, 2.24) is 0 Å². The van der Waals surface area contributed by atoms with E-state index in [9.17, 15) is 5.11 Å². The van der Waals surface area contributed by atoms with Gasteiger partial charge in [-0.3, -0.25) is 4.99 Å². The summed E-state index contributed by atoms with van der Waals surface area (Å²) in [6, 6.07) is 7.12. The normalized spacial score (nSPS) is 18.9. The van der Waals surface area contributed by atoms with E-state index in [1.165, 1.54) is 0 Å². The molecule has 4 nitrogen and oxygen atoms in total. The summed E-state index contributed by atoms with van der Waals surface area (Å²) >= 11 is 0. The number of aliphatic imine (C=N–C) groups is 1. The van der Waals surface area contributed by atoms with Gasteiger partial charge in [0.15, 0.2) is 5.90 Å². The molecule has 0 amide bonds. The highest BCUT2D eigenvalue weighted by Gasteiger charge is 2.18. The Morgan fingerprint density at radius 1 is 1.35 bits per heavy atom. The largest absolute Gasteiger partial charge is 0.508 e. The van der Waals surface area contributed by atoms with Gasteiger partial charge in [0, 0.05) is 6.42 Å². The molecule has 1 aromatic rings. The van der Waals surface area contributed by atoms with Crippen molar-refractivity contribution in [2.24, 2.45) is 10.7 Å². The first-order valence-corrected chi connectivity index (χ1v) is 5.96. The van der Waals surface area contributed by atoms with Crippen molar-refractivity contribution < 1.29 is 9.84 Å². The summed E-state index contributed by atoms with van der Waals surface area (Å²) in [5, 5.41) is 9.18. The van der Waals surface area contributed by atoms with Crippen molar-refractivity contribution in [2.45, 2.75) is 25.4 Å². The van der Waals surface area contributed by atoms with Crippen LogP contribution in [0.1, 0.15) is 18.4 Å². The van der Waals surface area contributed by atoms with Gasteiger partial charge in [-0.15, -0.1) is 0 Å². The molecular weight excluding hydrogens is 216 g/mol. The first kappa shape index (κ1) is 11.9. The van der Waals surface area contributed by atoms with Crippen molar-refractivity contribution >= 4 is 5.90 Å². The summed E-state index contributed by atoms with van der Waals surface area (Å²) in [6.45, 7) is 1.45. The zero-order valence-corrected chi connectivity index (χ0v) is 9.80. The van der Waals surface area contributed by atoms with Gasteiger partial charge in [-0.2, -0.15) is 0 Å². The van der Waals surface area contributed by atoms with Crippen LogP contribution in [0.4, 0.5) is 0 Å². The molecule has 1 atom stereocenters. The predicted molar refractivity (Wildman–Crippen MR) is 67.3 cm³/mol. The molecule has 0 spiro atoms. The molecule has 1 unspecified atom stereocenters. The molecule has 0 bridgehead atoms. The van der Waals surface area contributed by atoms with Gasteiger partial charge in [0.2, 0.25) is 0 Å². The van der Waals surface area contributed by atoms with Crippen molar-refractivity contribution in [3.05, 3.63) is 29.8 Å². The van der Waals surface area contributed by atoms with E-state index < -0.39 is 0 Å². The molecule has 0 saturated heterocycles. The average Bonchev–Trinajstić information content (AvgIpc) is 2.77. The molecule has 0 saturated carbocycles. The quantitative estimate of drug-likeness (QED) is 0.810. The smallest absolute Gasteiger partial charge is 0.188 e. The Labute approximate surface area is 101 Å². The lowest BCUT2D eigenvalue weighted by Crippen LogP contribution is -2.15. The van der Waals surface area contributed by atoms with E-state index in [-0.39, 0.29) is 11.9 Å². The van der Waals surface area contributed by atoms with Crippen LogP contribution >= 0.6 is 0 Å². The van der Waals surface area contributed by atoms with Gasteiger partial charge in [-0.05, 0) is 37.1 Å². The highest BCUT2D eigenvalue weighted by atomic mass is 16.5. The Balaban J connectivity index is 1.83. The third kappa shape index (κ3) is 3.46. The lowest BCUT2D eigenvalue weighted by atomic mass is 10.1. The topological polar surface area (TPSA) is 67.8 Å². The summed E-state index contributed by atoms with van der Waals surface area (Å²) in [5.74, 6) is 1.07. The number of phenols is 1. The van der Waals surface area contributed by atoms with Crippen LogP contribution in [0.3, 0.4) is 0 Å². The van der Waals surface area contributed by atoms with Crippen LogP contribution in [-0.4, -0.2) is 30.2 Å². The number of benzene rings is 1. The fraction of sp³-hybridized carbons (Fsp3) is 0.462. The van der Waals surface area contributed by atoms with Gasteiger partial charge >= 0.3 is 0 Å². The van der Waals surface area contributed by atoms with Gasteiger partial charge in [0.25, 0.3) is 0 Å². The number of aromatic hydroxyl groups is 1. The Kier molecular flexibility index (Phi) is 3.98. The predicted octanol–water partition coefficient (Wildman–Crippen LogP) is 1.47. The maximum absolute atomic E-state index is 9.18. The van der Waals surface area contributed by atoms with Crippen LogP contribution in [0.2, 0.25) is 0 Å². The number of nitrogens with zero attached hydrogens (tertiary/aromatic N) is 1. The van der Waals surface area contributed by atoms with Gasteiger partial charge in [0.05, 0.1) is 6.54 Å². The highest BCUT2D eigenvalue weighted by Crippen LogP contribution is 2.15. The second kappa shape index (κ2) is 5.68. The number of hydrogen-bond acceptors (Lipinski definition) is 4. The second-order valence-corrected chi connectivity index (χ2v) is 4.25. The molecule has 1 aliphatic rings. The number of hydrogen-bond donors (Lipinski definition) is 2. The van der Waals surface area contributed by atoms with E-state index in [0.717, 1.165) is 30.8 Å². The fourth-order valence-electron chi connectivity index (χ4n) is 1.85. The molecule has 17 heavy (non-hydrogen) atoms. The third-order valence-electron chi connectivity index (χ3n) is 2.80. The molecule has 92 valence electrons. The van der Waals surface area contributed by atoms with E-state index in [4.69, 9.17) is 10.5 Å². The summed E-state index contributed by atoms with van der Waals surface area (Å²) in [4.78, 5) is 4.38. The first-order chi connectivity index (χ1) is 8.28. The molecule has 0 radical (unpaired) electrons. The molecule has 1 aromatic carbocycles. The molecule has 4 heteroatoms. The van der Waals surface area contributed by atoms with Crippen molar-refractivity contribution in [3.63, 3.8) is 0 Å². The average molecular weight is 234 g/mol. The monoisotopic (exact) mass is 234 g/mol. The van der Waals surface area contributed by atoms with Crippen molar-refractivity contribution in [3.8, 4) is 5.75 Å².